The fourth-order valence-corrected chi connectivity index (χ4v) is 2.57. The highest BCUT2D eigenvalue weighted by atomic mass is 79.9. The number of hydrogen-bond acceptors (Lipinski definition) is 3. The van der Waals surface area contributed by atoms with Gasteiger partial charge < -0.3 is 14.6 Å². The van der Waals surface area contributed by atoms with Gasteiger partial charge in [-0.25, -0.2) is 0 Å². The summed E-state index contributed by atoms with van der Waals surface area (Å²) in [7, 11) is 3.12. The first-order valence-corrected chi connectivity index (χ1v) is 7.11. The summed E-state index contributed by atoms with van der Waals surface area (Å²) in [5.41, 5.74) is 1.44. The van der Waals surface area contributed by atoms with Gasteiger partial charge in [-0.15, -0.1) is 0 Å². The van der Waals surface area contributed by atoms with Crippen LogP contribution in [0.1, 0.15) is 17.2 Å². The third kappa shape index (κ3) is 3.57. The number of ether oxygens (including phenoxy) is 2. The van der Waals surface area contributed by atoms with Crippen LogP contribution in [-0.2, 0) is 0 Å². The van der Waals surface area contributed by atoms with E-state index >= 15 is 0 Å². The van der Waals surface area contributed by atoms with Gasteiger partial charge in [0, 0.05) is 11.1 Å². The van der Waals surface area contributed by atoms with Gasteiger partial charge in [-0.3, -0.25) is 0 Å². The second kappa shape index (κ2) is 7.16. The monoisotopic (exact) mass is 346 g/mol. The summed E-state index contributed by atoms with van der Waals surface area (Å²) in [5, 5.41) is 10.3. The predicted molar refractivity (Wildman–Crippen MR) is 85.5 cm³/mol. The van der Waals surface area contributed by atoms with E-state index in [0.29, 0.717) is 21.5 Å². The van der Waals surface area contributed by atoms with E-state index in [1.54, 1.807) is 26.4 Å². The zero-order chi connectivity index (χ0) is 15.2. The lowest BCUT2D eigenvalue weighted by Crippen LogP contribution is -2.00. The third-order valence-corrected chi connectivity index (χ3v) is 3.69. The number of halogens is 1. The molecule has 0 bridgehead atoms. The average Bonchev–Trinajstić information content (AvgIpc) is 2.53. The molecule has 2 rings (SSSR count). The van der Waals surface area contributed by atoms with Gasteiger partial charge in [-0.1, -0.05) is 30.0 Å². The van der Waals surface area contributed by atoms with Crippen LogP contribution in [0.4, 0.5) is 0 Å². The number of hydrogen-bond donors (Lipinski definition) is 1. The van der Waals surface area contributed by atoms with E-state index < -0.39 is 6.10 Å². The normalized spacial score (nSPS) is 11.2. The fraction of sp³-hybridized carbons (Fsp3) is 0.176. The molecule has 0 fully saturated rings. The molecule has 0 spiro atoms. The van der Waals surface area contributed by atoms with Crippen molar-refractivity contribution in [3.63, 3.8) is 0 Å². The van der Waals surface area contributed by atoms with Crippen molar-refractivity contribution in [2.24, 2.45) is 0 Å². The van der Waals surface area contributed by atoms with Crippen molar-refractivity contribution in [3.8, 4) is 23.3 Å². The van der Waals surface area contributed by atoms with Crippen molar-refractivity contribution in [1.29, 1.82) is 0 Å². The Labute approximate surface area is 132 Å². The molecule has 2 aromatic rings. The van der Waals surface area contributed by atoms with Crippen LogP contribution >= 0.6 is 15.9 Å². The SMILES string of the molecule is COc1ccc(C(O)C#Cc2ccccc2)c(OC)c1Br. The molecule has 0 saturated heterocycles. The fourth-order valence-electron chi connectivity index (χ4n) is 1.88. The molecule has 0 radical (unpaired) electrons. The van der Waals surface area contributed by atoms with E-state index in [-0.39, 0.29) is 0 Å². The van der Waals surface area contributed by atoms with Crippen molar-refractivity contribution >= 4 is 15.9 Å². The zero-order valence-electron chi connectivity index (χ0n) is 11.8. The minimum Gasteiger partial charge on any atom is -0.495 e. The van der Waals surface area contributed by atoms with Gasteiger partial charge in [0.15, 0.2) is 0 Å². The Kier molecular flexibility index (Phi) is 5.26. The number of aliphatic hydroxyl groups is 1. The van der Waals surface area contributed by atoms with Crippen molar-refractivity contribution in [2.75, 3.05) is 14.2 Å². The Morgan fingerprint density at radius 2 is 1.76 bits per heavy atom. The molecule has 0 amide bonds. The van der Waals surface area contributed by atoms with E-state index in [2.05, 4.69) is 27.8 Å². The number of aliphatic hydroxyl groups excluding tert-OH is 1. The minimum atomic E-state index is -0.942. The minimum absolute atomic E-state index is 0.518. The molecular weight excluding hydrogens is 332 g/mol. The van der Waals surface area contributed by atoms with Gasteiger partial charge in [0.2, 0.25) is 0 Å². The summed E-state index contributed by atoms with van der Waals surface area (Å²) < 4.78 is 11.2. The Bertz CT molecular complexity index is 672. The van der Waals surface area contributed by atoms with Crippen LogP contribution in [0.5, 0.6) is 11.5 Å². The Morgan fingerprint density at radius 3 is 2.38 bits per heavy atom. The summed E-state index contributed by atoms with van der Waals surface area (Å²) in [6, 6.07) is 13.0. The first-order valence-electron chi connectivity index (χ1n) is 6.32. The molecule has 21 heavy (non-hydrogen) atoms. The van der Waals surface area contributed by atoms with Crippen molar-refractivity contribution in [1.82, 2.24) is 0 Å². The molecule has 0 aromatic heterocycles. The number of benzene rings is 2. The summed E-state index contributed by atoms with van der Waals surface area (Å²) in [5.74, 6) is 6.91. The lowest BCUT2D eigenvalue weighted by atomic mass is 10.1. The first-order chi connectivity index (χ1) is 10.2. The van der Waals surface area contributed by atoms with Crippen LogP contribution in [0.3, 0.4) is 0 Å². The quantitative estimate of drug-likeness (QED) is 0.863. The van der Waals surface area contributed by atoms with Gasteiger partial charge in [-0.05, 0) is 40.2 Å². The highest BCUT2D eigenvalue weighted by Crippen LogP contribution is 2.39. The summed E-state index contributed by atoms with van der Waals surface area (Å²) in [6.45, 7) is 0. The smallest absolute Gasteiger partial charge is 0.144 e. The molecule has 0 saturated carbocycles. The molecule has 0 aliphatic rings. The zero-order valence-corrected chi connectivity index (χ0v) is 13.3. The molecule has 4 heteroatoms. The molecule has 1 unspecified atom stereocenters. The maximum Gasteiger partial charge on any atom is 0.144 e. The number of methoxy groups -OCH3 is 2. The highest BCUT2D eigenvalue weighted by Gasteiger charge is 2.17. The largest absolute Gasteiger partial charge is 0.495 e. The molecular formula is C17H15BrO3. The topological polar surface area (TPSA) is 38.7 Å². The molecule has 1 atom stereocenters. The van der Waals surface area contributed by atoms with Crippen LogP contribution in [-0.4, -0.2) is 19.3 Å². The lowest BCUT2D eigenvalue weighted by Gasteiger charge is -2.14. The average molecular weight is 347 g/mol. The van der Waals surface area contributed by atoms with Crippen molar-refractivity contribution in [2.45, 2.75) is 6.10 Å². The predicted octanol–water partition coefficient (Wildman–Crippen LogP) is 3.55. The molecule has 0 aliphatic heterocycles. The van der Waals surface area contributed by atoms with Crippen molar-refractivity contribution < 1.29 is 14.6 Å². The Morgan fingerprint density at radius 1 is 1.05 bits per heavy atom. The maximum absolute atomic E-state index is 10.3. The van der Waals surface area contributed by atoms with Gasteiger partial charge in [-0.2, -0.15) is 0 Å². The van der Waals surface area contributed by atoms with Gasteiger partial charge in [0.05, 0.1) is 14.2 Å². The standard InChI is InChI=1S/C17H15BrO3/c1-20-15-11-9-13(17(21-2)16(15)18)14(19)10-8-12-6-4-3-5-7-12/h3-7,9,11,14,19H,1-2H3. The van der Waals surface area contributed by atoms with Crippen LogP contribution < -0.4 is 9.47 Å². The van der Waals surface area contributed by atoms with E-state index in [9.17, 15) is 5.11 Å². The molecule has 108 valence electrons. The number of rotatable bonds is 3. The van der Waals surface area contributed by atoms with E-state index in [4.69, 9.17) is 9.47 Å². The molecule has 0 aliphatic carbocycles. The Hall–Kier alpha value is -1.96. The van der Waals surface area contributed by atoms with Crippen LogP contribution in [0.15, 0.2) is 46.9 Å². The molecule has 0 heterocycles. The molecule has 3 nitrogen and oxygen atoms in total. The van der Waals surface area contributed by atoms with Crippen molar-refractivity contribution in [3.05, 3.63) is 58.1 Å². The summed E-state index contributed by atoms with van der Waals surface area (Å²) >= 11 is 3.41. The second-order valence-corrected chi connectivity index (χ2v) is 5.04. The third-order valence-electron chi connectivity index (χ3n) is 2.94. The molecule has 1 N–H and O–H groups in total. The Balaban J connectivity index is 2.34. The van der Waals surface area contributed by atoms with E-state index in [1.165, 1.54) is 0 Å². The molecule has 2 aromatic carbocycles. The van der Waals surface area contributed by atoms with Gasteiger partial charge in [0.1, 0.15) is 22.1 Å². The summed E-state index contributed by atoms with van der Waals surface area (Å²) in [6.07, 6.45) is -0.942. The van der Waals surface area contributed by atoms with Crippen LogP contribution in [0.25, 0.3) is 0 Å². The highest BCUT2D eigenvalue weighted by molar-refractivity contribution is 9.10. The van der Waals surface area contributed by atoms with Gasteiger partial charge >= 0.3 is 0 Å². The lowest BCUT2D eigenvalue weighted by molar-refractivity contribution is 0.231. The maximum atomic E-state index is 10.3. The van der Waals surface area contributed by atoms with Crippen LogP contribution in [0, 0.1) is 11.8 Å². The summed E-state index contributed by atoms with van der Waals surface area (Å²) in [4.78, 5) is 0. The van der Waals surface area contributed by atoms with E-state index in [0.717, 1.165) is 5.56 Å². The van der Waals surface area contributed by atoms with Crippen LogP contribution in [0.2, 0.25) is 0 Å². The van der Waals surface area contributed by atoms with Gasteiger partial charge in [0.25, 0.3) is 0 Å². The van der Waals surface area contributed by atoms with E-state index in [1.807, 2.05) is 30.3 Å². The first kappa shape index (κ1) is 15.4. The second-order valence-electron chi connectivity index (χ2n) is 4.24.